The maximum Gasteiger partial charge on any atom is 0.345 e. The second-order valence-electron chi connectivity index (χ2n) is 14.7. The molecule has 2 aliphatic heterocycles. The van der Waals surface area contributed by atoms with Crippen molar-refractivity contribution in [2.75, 3.05) is 45.9 Å². The van der Waals surface area contributed by atoms with Gasteiger partial charge in [0.2, 0.25) is 11.2 Å². The van der Waals surface area contributed by atoms with Crippen LogP contribution in [0, 0.1) is 5.41 Å². The molecule has 290 valence electrons. The number of phenolic OH excluding ortho intramolecular Hbond substituents is 1. The van der Waals surface area contributed by atoms with Gasteiger partial charge in [-0.15, -0.1) is 0 Å². The number of hydrogen-bond acceptors (Lipinski definition) is 9. The average Bonchev–Trinajstić information content (AvgIpc) is 3.20. The summed E-state index contributed by atoms with van der Waals surface area (Å²) in [7, 11) is 0. The highest BCUT2D eigenvalue weighted by atomic mass is 16.5. The van der Waals surface area contributed by atoms with E-state index in [1.165, 1.54) is 36.4 Å². The van der Waals surface area contributed by atoms with Gasteiger partial charge < -0.3 is 45.3 Å². The topological polar surface area (TPSA) is 193 Å². The molecule has 0 saturated carbocycles. The van der Waals surface area contributed by atoms with Gasteiger partial charge in [-0.05, 0) is 78.9 Å². The number of ether oxygens (including phenoxy) is 1. The number of pyridine rings is 1. The van der Waals surface area contributed by atoms with Crippen LogP contribution in [-0.4, -0.2) is 98.9 Å². The smallest absolute Gasteiger partial charge is 0.345 e. The Hall–Kier alpha value is -6.02. The molecule has 1 aromatic heterocycles. The minimum atomic E-state index is -2.29. The van der Waals surface area contributed by atoms with Crippen LogP contribution in [0.5, 0.6) is 11.5 Å². The molecule has 2 aliphatic rings. The normalized spacial score (nSPS) is 16.5. The number of nitrogens with zero attached hydrogens (tertiary/aromatic N) is 2. The Kier molecular flexibility index (Phi) is 10.9. The van der Waals surface area contributed by atoms with Crippen molar-refractivity contribution < 1.29 is 39.5 Å². The Bertz CT molecular complexity index is 2290. The summed E-state index contributed by atoms with van der Waals surface area (Å²) in [5, 5.41) is 45.9. The van der Waals surface area contributed by atoms with E-state index >= 15 is 0 Å². The summed E-state index contributed by atoms with van der Waals surface area (Å²) >= 11 is 0. The van der Waals surface area contributed by atoms with E-state index in [1.54, 1.807) is 47.4 Å². The number of aromatic nitrogens is 1. The second-order valence-corrected chi connectivity index (χ2v) is 14.7. The van der Waals surface area contributed by atoms with Gasteiger partial charge in [-0.1, -0.05) is 60.7 Å². The molecule has 0 aliphatic carbocycles. The molecule has 2 atom stereocenters. The number of nitrogens with one attached hydrogen (secondary N) is 2. The lowest BCUT2D eigenvalue weighted by atomic mass is 9.73. The molecule has 13 heteroatoms. The van der Waals surface area contributed by atoms with Crippen molar-refractivity contribution in [2.45, 2.75) is 31.0 Å². The summed E-state index contributed by atoms with van der Waals surface area (Å²) in [5.74, 6) is -1.50. The number of benzene rings is 4. The van der Waals surface area contributed by atoms with Crippen molar-refractivity contribution >= 4 is 28.7 Å². The van der Waals surface area contributed by atoms with Crippen LogP contribution in [0.3, 0.4) is 0 Å². The summed E-state index contributed by atoms with van der Waals surface area (Å²) < 4.78 is 5.77. The largest absolute Gasteiger partial charge is 0.506 e. The molecular weight excluding hydrogens is 716 g/mol. The number of likely N-dealkylation sites (tertiary alicyclic amines) is 2. The number of carbonyl (C=O) groups excluding carboxylic acids is 2. The standard InChI is InChI=1S/C43H44N4O9/c48-35-16-14-33(34-15-17-37(50)45-39(34)35)36(49)23-44-20-18-28-10-12-29(13-11-28)40(52)46-21-5-19-42(25-46)26-47(27-42)38(51)24-56-32-9-4-8-31(22-32)43(55,41(53)54)30-6-2-1-3-7-30/h1-4,6-17,22,36,44,48-49,55H,5,18-21,23-27H2,(H,45,50)(H,53,54). The Labute approximate surface area is 322 Å². The molecule has 56 heavy (non-hydrogen) atoms. The van der Waals surface area contributed by atoms with E-state index in [0.717, 1.165) is 18.4 Å². The van der Waals surface area contributed by atoms with Crippen molar-refractivity contribution in [1.82, 2.24) is 20.1 Å². The van der Waals surface area contributed by atoms with Gasteiger partial charge in [0.15, 0.2) is 6.61 Å². The highest BCUT2D eigenvalue weighted by Crippen LogP contribution is 2.40. The van der Waals surface area contributed by atoms with E-state index in [2.05, 4.69) is 10.3 Å². The van der Waals surface area contributed by atoms with E-state index in [-0.39, 0.29) is 64.1 Å². The molecule has 0 radical (unpaired) electrons. The van der Waals surface area contributed by atoms with E-state index in [1.807, 2.05) is 29.2 Å². The number of aliphatic carboxylic acids is 1. The van der Waals surface area contributed by atoms with Crippen molar-refractivity contribution in [3.63, 3.8) is 0 Å². The molecule has 2 saturated heterocycles. The summed E-state index contributed by atoms with van der Waals surface area (Å²) in [6.07, 6.45) is 1.55. The minimum absolute atomic E-state index is 0.0517. The number of piperidine rings is 1. The number of carbonyl (C=O) groups is 3. The van der Waals surface area contributed by atoms with Crippen molar-refractivity contribution in [3.05, 3.63) is 141 Å². The van der Waals surface area contributed by atoms with Gasteiger partial charge in [-0.25, -0.2) is 4.79 Å². The summed E-state index contributed by atoms with van der Waals surface area (Å²) in [4.78, 5) is 56.7. The zero-order chi connectivity index (χ0) is 39.5. The molecule has 7 rings (SSSR count). The van der Waals surface area contributed by atoms with Gasteiger partial charge in [0.1, 0.15) is 11.5 Å². The number of hydrogen-bond donors (Lipinski definition) is 6. The number of amides is 2. The fraction of sp³-hybridized carbons (Fsp3) is 0.302. The van der Waals surface area contributed by atoms with E-state index in [9.17, 15) is 39.6 Å². The summed E-state index contributed by atoms with van der Waals surface area (Å²) in [6, 6.07) is 27.8. The van der Waals surface area contributed by atoms with Crippen LogP contribution in [0.15, 0.2) is 108 Å². The number of aromatic amines is 1. The molecule has 2 amide bonds. The lowest BCUT2D eigenvalue weighted by molar-refractivity contribution is -0.155. The predicted octanol–water partition coefficient (Wildman–Crippen LogP) is 3.56. The van der Waals surface area contributed by atoms with Crippen molar-refractivity contribution in [2.24, 2.45) is 5.41 Å². The van der Waals surface area contributed by atoms with Crippen molar-refractivity contribution in [1.29, 1.82) is 0 Å². The van der Waals surface area contributed by atoms with Crippen LogP contribution in [-0.2, 0) is 21.6 Å². The summed E-state index contributed by atoms with van der Waals surface area (Å²) in [6.45, 7) is 2.81. The minimum Gasteiger partial charge on any atom is -0.506 e. The molecule has 1 spiro atoms. The van der Waals surface area contributed by atoms with Crippen LogP contribution in [0.25, 0.3) is 10.9 Å². The zero-order valence-electron chi connectivity index (χ0n) is 30.7. The third kappa shape index (κ3) is 7.87. The van der Waals surface area contributed by atoms with Gasteiger partial charge in [0, 0.05) is 60.7 Å². The zero-order valence-corrected chi connectivity index (χ0v) is 30.7. The first-order valence-corrected chi connectivity index (χ1v) is 18.6. The van der Waals surface area contributed by atoms with Gasteiger partial charge >= 0.3 is 5.97 Å². The molecule has 2 unspecified atom stereocenters. The fourth-order valence-corrected chi connectivity index (χ4v) is 7.85. The first-order chi connectivity index (χ1) is 27.0. The number of H-pyrrole nitrogens is 1. The number of carboxylic acid groups (broad SMARTS) is 1. The number of fused-ring (bicyclic) bond motifs is 1. The average molecular weight is 761 g/mol. The molecule has 0 bridgehead atoms. The maximum absolute atomic E-state index is 13.5. The molecular formula is C43H44N4O9. The predicted molar refractivity (Wildman–Crippen MR) is 207 cm³/mol. The van der Waals surface area contributed by atoms with Crippen molar-refractivity contribution in [3.8, 4) is 11.5 Å². The van der Waals surface area contributed by atoms with Crippen LogP contribution < -0.4 is 15.6 Å². The lowest BCUT2D eigenvalue weighted by Crippen LogP contribution is -2.65. The summed E-state index contributed by atoms with van der Waals surface area (Å²) in [5.41, 5.74) is 0.00319. The van der Waals surface area contributed by atoms with E-state index in [4.69, 9.17) is 4.74 Å². The van der Waals surface area contributed by atoms with E-state index in [0.29, 0.717) is 55.7 Å². The van der Waals surface area contributed by atoms with Gasteiger partial charge in [-0.2, -0.15) is 0 Å². The Morgan fingerprint density at radius 2 is 1.62 bits per heavy atom. The fourth-order valence-electron chi connectivity index (χ4n) is 7.85. The number of aliphatic hydroxyl groups excluding tert-OH is 1. The van der Waals surface area contributed by atoms with Crippen LogP contribution in [0.1, 0.15) is 51.6 Å². The highest BCUT2D eigenvalue weighted by molar-refractivity contribution is 5.94. The van der Waals surface area contributed by atoms with Crippen LogP contribution >= 0.6 is 0 Å². The SMILES string of the molecule is O=C(COc1cccc(C(O)(C(=O)O)c2ccccc2)c1)N1CC2(CCCN(C(=O)c3ccc(CCNCC(O)c4ccc(O)c5[nH]c(=O)ccc45)cc3)C2)C1. The highest BCUT2D eigenvalue weighted by Gasteiger charge is 2.48. The number of aromatic hydroxyl groups is 1. The van der Waals surface area contributed by atoms with Crippen LogP contribution in [0.2, 0.25) is 0 Å². The van der Waals surface area contributed by atoms with E-state index < -0.39 is 17.7 Å². The number of aliphatic hydroxyl groups is 2. The molecule has 5 aromatic rings. The van der Waals surface area contributed by atoms with Crippen LogP contribution in [0.4, 0.5) is 0 Å². The lowest BCUT2D eigenvalue weighted by Gasteiger charge is -2.54. The van der Waals surface area contributed by atoms with Gasteiger partial charge in [0.05, 0.1) is 11.6 Å². The molecule has 4 aromatic carbocycles. The third-order valence-corrected chi connectivity index (χ3v) is 10.9. The Balaban J connectivity index is 0.870. The number of rotatable bonds is 13. The second kappa shape index (κ2) is 16.0. The quantitative estimate of drug-likeness (QED) is 0.0968. The van der Waals surface area contributed by atoms with Gasteiger partial charge in [0.25, 0.3) is 11.8 Å². The Morgan fingerprint density at radius 3 is 2.38 bits per heavy atom. The first kappa shape index (κ1) is 38.3. The monoisotopic (exact) mass is 760 g/mol. The molecule has 6 N–H and O–H groups in total. The third-order valence-electron chi connectivity index (χ3n) is 10.9. The molecule has 13 nitrogen and oxygen atoms in total. The first-order valence-electron chi connectivity index (χ1n) is 18.6. The van der Waals surface area contributed by atoms with Gasteiger partial charge in [-0.3, -0.25) is 14.4 Å². The Morgan fingerprint density at radius 1 is 0.893 bits per heavy atom. The molecule has 3 heterocycles. The molecule has 2 fully saturated rings. The number of carboxylic acids is 1. The maximum atomic E-state index is 13.5. The number of phenols is 1.